The fourth-order valence-electron chi connectivity index (χ4n) is 2.69. The molecule has 1 aliphatic heterocycles. The summed E-state index contributed by atoms with van der Waals surface area (Å²) in [6, 6.07) is 7.25. The Hall–Kier alpha value is -1.39. The zero-order valence-electron chi connectivity index (χ0n) is 12.0. The molecule has 0 spiro atoms. The first-order valence-electron chi connectivity index (χ1n) is 7.36. The topological polar surface area (TPSA) is 49.8 Å². The number of likely N-dealkylation sites (tertiary alicyclic amines) is 1. The number of nitrogens with zero attached hydrogens (tertiary/aromatic N) is 1. The van der Waals surface area contributed by atoms with Crippen LogP contribution < -0.4 is 0 Å². The molecule has 0 bridgehead atoms. The van der Waals surface area contributed by atoms with Crippen molar-refractivity contribution in [1.82, 2.24) is 4.90 Å². The Morgan fingerprint density at radius 2 is 2.25 bits per heavy atom. The average molecular weight is 277 g/mol. The fraction of sp³-hybridized carbons (Fsp3) is 0.562. The van der Waals surface area contributed by atoms with Gasteiger partial charge in [-0.15, -0.1) is 0 Å². The molecule has 1 atom stereocenters. The molecule has 0 unspecified atom stereocenters. The van der Waals surface area contributed by atoms with E-state index in [0.717, 1.165) is 44.5 Å². The number of carbonyl (C=O) groups is 1. The molecule has 0 amide bonds. The minimum atomic E-state index is -0.851. The van der Waals surface area contributed by atoms with Crippen LogP contribution in [0.3, 0.4) is 0 Å². The summed E-state index contributed by atoms with van der Waals surface area (Å²) in [4.78, 5) is 13.5. The largest absolute Gasteiger partial charge is 0.478 e. The van der Waals surface area contributed by atoms with Crippen LogP contribution in [0.4, 0.5) is 0 Å². The Labute approximate surface area is 120 Å². The van der Waals surface area contributed by atoms with Gasteiger partial charge in [-0.1, -0.05) is 25.1 Å². The third kappa shape index (κ3) is 4.05. The van der Waals surface area contributed by atoms with E-state index in [1.54, 1.807) is 12.1 Å². The SMILES string of the molecule is CCCO[C@H]1CCCN(Cc2ccccc2C(=O)O)C1. The highest BCUT2D eigenvalue weighted by Crippen LogP contribution is 2.18. The lowest BCUT2D eigenvalue weighted by Gasteiger charge is -2.32. The summed E-state index contributed by atoms with van der Waals surface area (Å²) in [5.74, 6) is -0.851. The van der Waals surface area contributed by atoms with E-state index in [2.05, 4.69) is 11.8 Å². The van der Waals surface area contributed by atoms with Crippen molar-refractivity contribution in [3.05, 3.63) is 35.4 Å². The molecular weight excluding hydrogens is 254 g/mol. The summed E-state index contributed by atoms with van der Waals surface area (Å²) in [6.07, 6.45) is 3.56. The van der Waals surface area contributed by atoms with Gasteiger partial charge in [0.1, 0.15) is 0 Å². The predicted octanol–water partition coefficient (Wildman–Crippen LogP) is 2.78. The first-order chi connectivity index (χ1) is 9.70. The van der Waals surface area contributed by atoms with Crippen molar-refractivity contribution in [2.75, 3.05) is 19.7 Å². The van der Waals surface area contributed by atoms with E-state index in [4.69, 9.17) is 4.74 Å². The molecule has 4 nitrogen and oxygen atoms in total. The minimum Gasteiger partial charge on any atom is -0.478 e. The maximum atomic E-state index is 11.2. The van der Waals surface area contributed by atoms with Gasteiger partial charge in [-0.3, -0.25) is 4.90 Å². The number of piperidine rings is 1. The number of carboxylic acids is 1. The van der Waals surface area contributed by atoms with Crippen LogP contribution in [0.25, 0.3) is 0 Å². The van der Waals surface area contributed by atoms with Crippen LogP contribution >= 0.6 is 0 Å². The quantitative estimate of drug-likeness (QED) is 0.868. The van der Waals surface area contributed by atoms with Crippen LogP contribution in [-0.4, -0.2) is 41.8 Å². The highest BCUT2D eigenvalue weighted by Gasteiger charge is 2.21. The molecule has 1 aliphatic rings. The number of rotatable bonds is 6. The highest BCUT2D eigenvalue weighted by atomic mass is 16.5. The molecule has 110 valence electrons. The van der Waals surface area contributed by atoms with E-state index < -0.39 is 5.97 Å². The van der Waals surface area contributed by atoms with Crippen LogP contribution in [0.1, 0.15) is 42.1 Å². The van der Waals surface area contributed by atoms with Crippen LogP contribution in [0.15, 0.2) is 24.3 Å². The molecule has 0 radical (unpaired) electrons. The molecule has 1 heterocycles. The van der Waals surface area contributed by atoms with Gasteiger partial charge in [-0.2, -0.15) is 0 Å². The Kier molecular flexibility index (Phi) is 5.56. The number of hydrogen-bond donors (Lipinski definition) is 1. The number of aromatic carboxylic acids is 1. The standard InChI is InChI=1S/C16H23NO3/c1-2-10-20-14-7-5-9-17(12-14)11-13-6-3-4-8-15(13)16(18)19/h3-4,6,8,14H,2,5,7,9-12H2,1H3,(H,18,19)/t14-/m0/s1. The second kappa shape index (κ2) is 7.41. The van der Waals surface area contributed by atoms with E-state index in [1.165, 1.54) is 0 Å². The molecule has 1 aromatic rings. The van der Waals surface area contributed by atoms with Gasteiger partial charge in [0.25, 0.3) is 0 Å². The molecule has 4 heteroatoms. The van der Waals surface area contributed by atoms with Crippen LogP contribution in [0, 0.1) is 0 Å². The van der Waals surface area contributed by atoms with Crippen LogP contribution in [-0.2, 0) is 11.3 Å². The molecule has 0 saturated carbocycles. The molecule has 1 fully saturated rings. The Morgan fingerprint density at radius 3 is 3.00 bits per heavy atom. The van der Waals surface area contributed by atoms with Gasteiger partial charge in [-0.05, 0) is 37.4 Å². The lowest BCUT2D eigenvalue weighted by atomic mass is 10.0. The molecular formula is C16H23NO3. The summed E-state index contributed by atoms with van der Waals surface area (Å²) in [5, 5.41) is 9.22. The van der Waals surface area contributed by atoms with Crippen LogP contribution in [0.2, 0.25) is 0 Å². The van der Waals surface area contributed by atoms with Crippen molar-refractivity contribution >= 4 is 5.97 Å². The van der Waals surface area contributed by atoms with Crippen molar-refractivity contribution in [3.8, 4) is 0 Å². The highest BCUT2D eigenvalue weighted by molar-refractivity contribution is 5.89. The third-order valence-electron chi connectivity index (χ3n) is 3.66. The second-order valence-electron chi connectivity index (χ2n) is 5.33. The van der Waals surface area contributed by atoms with Gasteiger partial charge < -0.3 is 9.84 Å². The van der Waals surface area contributed by atoms with Crippen molar-refractivity contribution in [3.63, 3.8) is 0 Å². The van der Waals surface area contributed by atoms with Gasteiger partial charge in [0, 0.05) is 19.7 Å². The summed E-state index contributed by atoms with van der Waals surface area (Å²) >= 11 is 0. The normalized spacial score (nSPS) is 19.9. The second-order valence-corrected chi connectivity index (χ2v) is 5.33. The molecule has 0 aliphatic carbocycles. The van der Waals surface area contributed by atoms with Crippen molar-refractivity contribution < 1.29 is 14.6 Å². The van der Waals surface area contributed by atoms with E-state index in [1.807, 2.05) is 12.1 Å². The molecule has 1 saturated heterocycles. The smallest absolute Gasteiger partial charge is 0.336 e. The first kappa shape index (κ1) is 15.0. The number of hydrogen-bond acceptors (Lipinski definition) is 3. The lowest BCUT2D eigenvalue weighted by Crippen LogP contribution is -2.39. The van der Waals surface area contributed by atoms with E-state index >= 15 is 0 Å². The average Bonchev–Trinajstić information content (AvgIpc) is 2.46. The molecule has 20 heavy (non-hydrogen) atoms. The Bertz CT molecular complexity index is 447. The Balaban J connectivity index is 1.97. The van der Waals surface area contributed by atoms with Gasteiger partial charge >= 0.3 is 5.97 Å². The number of ether oxygens (including phenoxy) is 1. The monoisotopic (exact) mass is 277 g/mol. The number of carboxylic acid groups (broad SMARTS) is 1. The van der Waals surface area contributed by atoms with E-state index in [9.17, 15) is 9.90 Å². The summed E-state index contributed by atoms with van der Waals surface area (Å²) in [6.45, 7) is 5.52. The molecule has 2 rings (SSSR count). The van der Waals surface area contributed by atoms with Crippen molar-refractivity contribution in [1.29, 1.82) is 0 Å². The lowest BCUT2D eigenvalue weighted by molar-refractivity contribution is -0.00229. The van der Waals surface area contributed by atoms with Gasteiger partial charge in [-0.25, -0.2) is 4.79 Å². The van der Waals surface area contributed by atoms with Gasteiger partial charge in [0.05, 0.1) is 11.7 Å². The summed E-state index contributed by atoms with van der Waals surface area (Å²) < 4.78 is 5.82. The Morgan fingerprint density at radius 1 is 1.45 bits per heavy atom. The predicted molar refractivity (Wildman–Crippen MR) is 77.9 cm³/mol. The molecule has 1 aromatic carbocycles. The summed E-state index contributed by atoms with van der Waals surface area (Å²) in [5.41, 5.74) is 1.29. The van der Waals surface area contributed by atoms with Crippen molar-refractivity contribution in [2.45, 2.75) is 38.8 Å². The maximum absolute atomic E-state index is 11.2. The fourth-order valence-corrected chi connectivity index (χ4v) is 2.69. The van der Waals surface area contributed by atoms with E-state index in [-0.39, 0.29) is 0 Å². The zero-order valence-corrected chi connectivity index (χ0v) is 12.0. The molecule has 0 aromatic heterocycles. The van der Waals surface area contributed by atoms with Gasteiger partial charge in [0.15, 0.2) is 0 Å². The maximum Gasteiger partial charge on any atom is 0.336 e. The van der Waals surface area contributed by atoms with Crippen molar-refractivity contribution in [2.24, 2.45) is 0 Å². The minimum absolute atomic E-state index is 0.292. The third-order valence-corrected chi connectivity index (χ3v) is 3.66. The summed E-state index contributed by atoms with van der Waals surface area (Å²) in [7, 11) is 0. The zero-order chi connectivity index (χ0) is 14.4. The molecule has 1 N–H and O–H groups in total. The first-order valence-corrected chi connectivity index (χ1v) is 7.36. The van der Waals surface area contributed by atoms with E-state index in [0.29, 0.717) is 18.2 Å². The van der Waals surface area contributed by atoms with Crippen LogP contribution in [0.5, 0.6) is 0 Å². The number of benzene rings is 1. The van der Waals surface area contributed by atoms with Gasteiger partial charge in [0.2, 0.25) is 0 Å².